The zero-order valence-corrected chi connectivity index (χ0v) is 17.4. The van der Waals surface area contributed by atoms with Crippen molar-refractivity contribution in [2.45, 2.75) is 20.0 Å². The van der Waals surface area contributed by atoms with Crippen LogP contribution in [-0.4, -0.2) is 27.0 Å². The highest BCUT2D eigenvalue weighted by Crippen LogP contribution is 2.36. The molecule has 1 atom stereocenters. The molecule has 2 aromatic heterocycles. The number of halogens is 1. The molecule has 0 radical (unpaired) electrons. The molecule has 0 spiro atoms. The van der Waals surface area contributed by atoms with Gasteiger partial charge in [-0.2, -0.15) is 0 Å². The van der Waals surface area contributed by atoms with Crippen molar-refractivity contribution in [1.29, 1.82) is 0 Å². The van der Waals surface area contributed by atoms with Crippen LogP contribution in [0.1, 0.15) is 45.1 Å². The lowest BCUT2D eigenvalue weighted by Gasteiger charge is -2.15. The minimum absolute atomic E-state index is 0.0475. The van der Waals surface area contributed by atoms with E-state index >= 15 is 0 Å². The van der Waals surface area contributed by atoms with Gasteiger partial charge in [-0.1, -0.05) is 41.7 Å². The normalized spacial score (nSPS) is 12.0. The number of hydrogen-bond donors (Lipinski definition) is 3. The fourth-order valence-corrected chi connectivity index (χ4v) is 3.99. The van der Waals surface area contributed by atoms with Gasteiger partial charge >= 0.3 is 5.97 Å². The van der Waals surface area contributed by atoms with Gasteiger partial charge < -0.3 is 14.8 Å². The summed E-state index contributed by atoms with van der Waals surface area (Å²) in [6, 6.07) is 13.5. The van der Waals surface area contributed by atoms with Crippen molar-refractivity contribution in [1.82, 2.24) is 9.97 Å². The van der Waals surface area contributed by atoms with E-state index in [2.05, 4.69) is 15.3 Å². The average molecular weight is 439 g/mol. The van der Waals surface area contributed by atoms with Gasteiger partial charge in [0.05, 0.1) is 10.3 Å². The molecule has 1 amide bonds. The summed E-state index contributed by atoms with van der Waals surface area (Å²) in [5.41, 5.74) is 1.72. The summed E-state index contributed by atoms with van der Waals surface area (Å²) in [5, 5.41) is 12.3. The predicted molar refractivity (Wildman–Crippen MR) is 116 cm³/mol. The number of aryl methyl sites for hydroxylation is 1. The molecular formula is C22H18FN3O4S. The molecule has 0 bridgehead atoms. The molecule has 158 valence electrons. The quantitative estimate of drug-likeness (QED) is 0.385. The average Bonchev–Trinajstić information content (AvgIpc) is 3.31. The summed E-state index contributed by atoms with van der Waals surface area (Å²) in [4.78, 5) is 31.1. The second-order valence-corrected chi connectivity index (χ2v) is 7.96. The highest BCUT2D eigenvalue weighted by atomic mass is 32.1. The molecule has 4 aromatic rings. The third-order valence-corrected chi connectivity index (χ3v) is 5.61. The fourth-order valence-electron chi connectivity index (χ4n) is 3.07. The zero-order valence-electron chi connectivity index (χ0n) is 16.6. The van der Waals surface area contributed by atoms with Crippen LogP contribution in [0, 0.1) is 12.7 Å². The maximum Gasteiger partial charge on any atom is 0.335 e. The lowest BCUT2D eigenvalue weighted by Crippen LogP contribution is -2.12. The maximum absolute atomic E-state index is 13.5. The van der Waals surface area contributed by atoms with E-state index in [-0.39, 0.29) is 28.2 Å². The molecule has 3 N–H and O–H groups in total. The monoisotopic (exact) mass is 439 g/mol. The number of benzene rings is 2. The third kappa shape index (κ3) is 4.26. The van der Waals surface area contributed by atoms with Crippen LogP contribution in [-0.2, 0) is 0 Å². The molecule has 4 rings (SSSR count). The number of aromatic nitrogens is 2. The highest BCUT2D eigenvalue weighted by Gasteiger charge is 2.19. The summed E-state index contributed by atoms with van der Waals surface area (Å²) >= 11 is 1.11. The molecule has 0 saturated carbocycles. The van der Waals surface area contributed by atoms with E-state index in [1.165, 1.54) is 19.1 Å². The van der Waals surface area contributed by atoms with Crippen LogP contribution in [0.25, 0.3) is 10.2 Å². The van der Waals surface area contributed by atoms with Crippen molar-refractivity contribution in [3.63, 3.8) is 0 Å². The molecule has 2 heterocycles. The Morgan fingerprint density at radius 1 is 1.23 bits per heavy atom. The van der Waals surface area contributed by atoms with Crippen LogP contribution in [0.3, 0.4) is 0 Å². The number of anilines is 1. The molecule has 7 nitrogen and oxygen atoms in total. The molecule has 0 fully saturated rings. The second-order valence-electron chi connectivity index (χ2n) is 6.93. The number of hydrogen-bond acceptors (Lipinski definition) is 5. The Kier molecular flexibility index (Phi) is 5.43. The maximum atomic E-state index is 13.5. The topological polar surface area (TPSA) is 104 Å². The number of rotatable bonds is 6. The molecule has 9 heteroatoms. The molecule has 0 aliphatic rings. The van der Waals surface area contributed by atoms with E-state index in [0.29, 0.717) is 16.0 Å². The van der Waals surface area contributed by atoms with Crippen molar-refractivity contribution in [3.8, 4) is 5.75 Å². The Balaban J connectivity index is 1.67. The Hall–Kier alpha value is -3.72. The van der Waals surface area contributed by atoms with Crippen LogP contribution < -0.4 is 10.1 Å². The number of carbonyl (C=O) groups excluding carboxylic acids is 1. The number of fused-ring (bicyclic) bond motifs is 1. The van der Waals surface area contributed by atoms with E-state index < -0.39 is 17.7 Å². The van der Waals surface area contributed by atoms with Gasteiger partial charge in [0.15, 0.2) is 5.13 Å². The van der Waals surface area contributed by atoms with Gasteiger partial charge in [0.25, 0.3) is 5.91 Å². The Labute approximate surface area is 180 Å². The van der Waals surface area contributed by atoms with Crippen molar-refractivity contribution >= 4 is 38.6 Å². The van der Waals surface area contributed by atoms with Gasteiger partial charge in [-0.15, -0.1) is 0 Å². The molecule has 1 unspecified atom stereocenters. The lowest BCUT2D eigenvalue weighted by atomic mass is 10.1. The van der Waals surface area contributed by atoms with E-state index in [4.69, 9.17) is 4.74 Å². The standard InChI is InChI=1S/C22H18FN3O4S/c1-11-15(23)10-16(24-11)20(27)26-22-25-19-17(8-14(21(28)29)9-18(19)31-22)30-12(2)13-6-4-3-5-7-13/h3-10,12,24H,1-2H3,(H,28,29)(H,25,26,27). The van der Waals surface area contributed by atoms with Gasteiger partial charge in [0.1, 0.15) is 28.9 Å². The van der Waals surface area contributed by atoms with E-state index in [1.54, 1.807) is 0 Å². The fraction of sp³-hybridized carbons (Fsp3) is 0.136. The van der Waals surface area contributed by atoms with Crippen LogP contribution in [0.15, 0.2) is 48.5 Å². The number of nitrogens with one attached hydrogen (secondary N) is 2. The largest absolute Gasteiger partial charge is 0.484 e. The molecule has 2 aromatic carbocycles. The Morgan fingerprint density at radius 3 is 2.61 bits per heavy atom. The summed E-state index contributed by atoms with van der Waals surface area (Å²) in [6.07, 6.45) is -0.349. The SMILES string of the molecule is Cc1[nH]c(C(=O)Nc2nc3c(OC(C)c4ccccc4)cc(C(=O)O)cc3s2)cc1F. The Bertz CT molecular complexity index is 1260. The second kappa shape index (κ2) is 8.19. The van der Waals surface area contributed by atoms with Crippen molar-refractivity contribution in [2.75, 3.05) is 5.32 Å². The van der Waals surface area contributed by atoms with Gasteiger partial charge in [-0.25, -0.2) is 14.2 Å². The predicted octanol–water partition coefficient (Wildman–Crippen LogP) is 5.16. The van der Waals surface area contributed by atoms with Crippen molar-refractivity contribution in [2.24, 2.45) is 0 Å². The van der Waals surface area contributed by atoms with Gasteiger partial charge in [0.2, 0.25) is 0 Å². The van der Waals surface area contributed by atoms with E-state index in [9.17, 15) is 19.1 Å². The Morgan fingerprint density at radius 2 is 1.97 bits per heavy atom. The third-order valence-electron chi connectivity index (χ3n) is 4.70. The minimum Gasteiger partial charge on any atom is -0.484 e. The zero-order chi connectivity index (χ0) is 22.1. The number of amides is 1. The minimum atomic E-state index is -1.10. The highest BCUT2D eigenvalue weighted by molar-refractivity contribution is 7.22. The number of carbonyl (C=O) groups is 2. The molecule has 0 aliphatic carbocycles. The van der Waals surface area contributed by atoms with Crippen LogP contribution in [0.5, 0.6) is 5.75 Å². The lowest BCUT2D eigenvalue weighted by molar-refractivity contribution is 0.0696. The molecular weight excluding hydrogens is 421 g/mol. The van der Waals surface area contributed by atoms with Crippen LogP contribution >= 0.6 is 11.3 Å². The number of aromatic carboxylic acids is 1. The first-order valence-corrected chi connectivity index (χ1v) is 10.2. The first kappa shape index (κ1) is 20.5. The first-order valence-electron chi connectivity index (χ1n) is 9.37. The molecule has 0 aliphatic heterocycles. The number of nitrogens with zero attached hydrogens (tertiary/aromatic N) is 1. The first-order chi connectivity index (χ1) is 14.8. The number of aromatic amines is 1. The van der Waals surface area contributed by atoms with E-state index in [0.717, 1.165) is 23.0 Å². The van der Waals surface area contributed by atoms with Gasteiger partial charge in [-0.3, -0.25) is 10.1 Å². The molecule has 0 saturated heterocycles. The van der Waals surface area contributed by atoms with Crippen molar-refractivity contribution < 1.29 is 23.8 Å². The summed E-state index contributed by atoms with van der Waals surface area (Å²) in [7, 11) is 0. The summed E-state index contributed by atoms with van der Waals surface area (Å²) in [6.45, 7) is 3.38. The number of thiazole rings is 1. The smallest absolute Gasteiger partial charge is 0.335 e. The number of ether oxygens (including phenoxy) is 1. The summed E-state index contributed by atoms with van der Waals surface area (Å²) in [5.74, 6) is -1.86. The summed E-state index contributed by atoms with van der Waals surface area (Å²) < 4.78 is 20.1. The number of H-pyrrole nitrogens is 1. The van der Waals surface area contributed by atoms with Crippen molar-refractivity contribution in [3.05, 3.63) is 76.9 Å². The van der Waals surface area contributed by atoms with Crippen LogP contribution in [0.4, 0.5) is 9.52 Å². The number of carboxylic acid groups (broad SMARTS) is 1. The molecule has 31 heavy (non-hydrogen) atoms. The van der Waals surface area contributed by atoms with Gasteiger partial charge in [0, 0.05) is 11.8 Å². The number of carboxylic acids is 1. The van der Waals surface area contributed by atoms with Crippen LogP contribution in [0.2, 0.25) is 0 Å². The van der Waals surface area contributed by atoms with Gasteiger partial charge in [-0.05, 0) is 31.5 Å². The van der Waals surface area contributed by atoms with E-state index in [1.807, 2.05) is 37.3 Å².